The van der Waals surface area contributed by atoms with Crippen LogP contribution in [0.25, 0.3) is 10.9 Å². The summed E-state index contributed by atoms with van der Waals surface area (Å²) >= 11 is 0. The summed E-state index contributed by atoms with van der Waals surface area (Å²) in [5.41, 5.74) is 2.04. The van der Waals surface area contributed by atoms with Crippen molar-refractivity contribution in [2.45, 2.75) is 25.4 Å². The van der Waals surface area contributed by atoms with Crippen molar-refractivity contribution in [2.24, 2.45) is 0 Å². The molecule has 1 atom stereocenters. The molecule has 24 heavy (non-hydrogen) atoms. The molecule has 0 spiro atoms. The SMILES string of the molecule is O=C(Nc1ccn[nH]1)C1CCC(=O)N1Cc1c[nH]c2ccccc12. The summed E-state index contributed by atoms with van der Waals surface area (Å²) in [6.45, 7) is 0.421. The topological polar surface area (TPSA) is 93.9 Å². The molecular formula is C17H17N5O2. The summed E-state index contributed by atoms with van der Waals surface area (Å²) < 4.78 is 0. The molecule has 1 aliphatic heterocycles. The van der Waals surface area contributed by atoms with Gasteiger partial charge in [-0.1, -0.05) is 18.2 Å². The van der Waals surface area contributed by atoms with E-state index >= 15 is 0 Å². The van der Waals surface area contributed by atoms with Gasteiger partial charge in [0.15, 0.2) is 0 Å². The smallest absolute Gasteiger partial charge is 0.248 e. The van der Waals surface area contributed by atoms with Gasteiger partial charge in [-0.15, -0.1) is 0 Å². The van der Waals surface area contributed by atoms with Crippen LogP contribution in [-0.2, 0) is 16.1 Å². The van der Waals surface area contributed by atoms with E-state index in [1.54, 1.807) is 17.2 Å². The molecule has 3 N–H and O–H groups in total. The van der Waals surface area contributed by atoms with Gasteiger partial charge in [-0.2, -0.15) is 5.10 Å². The maximum absolute atomic E-state index is 12.5. The highest BCUT2D eigenvalue weighted by Gasteiger charge is 2.36. The summed E-state index contributed by atoms with van der Waals surface area (Å²) in [6, 6.07) is 9.15. The Hall–Kier alpha value is -3.09. The van der Waals surface area contributed by atoms with Crippen molar-refractivity contribution < 1.29 is 9.59 Å². The lowest BCUT2D eigenvalue weighted by Crippen LogP contribution is -2.41. The van der Waals surface area contributed by atoms with Crippen LogP contribution in [0.4, 0.5) is 5.82 Å². The minimum Gasteiger partial charge on any atom is -0.361 e. The number of benzene rings is 1. The largest absolute Gasteiger partial charge is 0.361 e. The Morgan fingerprint density at radius 1 is 1.33 bits per heavy atom. The molecule has 1 fully saturated rings. The summed E-state index contributed by atoms with van der Waals surface area (Å²) in [5.74, 6) is 0.348. The minimum atomic E-state index is -0.463. The molecule has 1 aliphatic rings. The number of hydrogen-bond acceptors (Lipinski definition) is 3. The average molecular weight is 323 g/mol. The third-order valence-corrected chi connectivity index (χ3v) is 4.41. The number of aromatic nitrogens is 3. The molecule has 0 saturated carbocycles. The fourth-order valence-electron chi connectivity index (χ4n) is 3.19. The second kappa shape index (κ2) is 5.84. The van der Waals surface area contributed by atoms with Crippen molar-refractivity contribution in [1.29, 1.82) is 0 Å². The monoisotopic (exact) mass is 323 g/mol. The molecule has 2 aromatic heterocycles. The van der Waals surface area contributed by atoms with Crippen molar-refractivity contribution in [3.63, 3.8) is 0 Å². The summed E-state index contributed by atoms with van der Waals surface area (Å²) in [4.78, 5) is 29.6. The first-order valence-corrected chi connectivity index (χ1v) is 7.87. The Bertz CT molecular complexity index is 883. The Balaban J connectivity index is 1.55. The van der Waals surface area contributed by atoms with E-state index < -0.39 is 6.04 Å². The molecule has 7 nitrogen and oxygen atoms in total. The van der Waals surface area contributed by atoms with Crippen molar-refractivity contribution >= 4 is 28.5 Å². The lowest BCUT2D eigenvalue weighted by molar-refractivity contribution is -0.133. The molecule has 122 valence electrons. The zero-order chi connectivity index (χ0) is 16.5. The van der Waals surface area contributed by atoms with Crippen LogP contribution in [0.3, 0.4) is 0 Å². The second-order valence-corrected chi connectivity index (χ2v) is 5.90. The molecule has 4 rings (SSSR count). The molecule has 1 unspecified atom stereocenters. The van der Waals surface area contributed by atoms with Gasteiger partial charge in [-0.3, -0.25) is 14.7 Å². The quantitative estimate of drug-likeness (QED) is 0.685. The first-order valence-electron chi connectivity index (χ1n) is 7.87. The number of carbonyl (C=O) groups is 2. The molecule has 3 aromatic rings. The Kier molecular flexibility index (Phi) is 3.53. The van der Waals surface area contributed by atoms with Crippen LogP contribution in [0, 0.1) is 0 Å². The van der Waals surface area contributed by atoms with Gasteiger partial charge in [0.05, 0.1) is 6.20 Å². The second-order valence-electron chi connectivity index (χ2n) is 5.90. The van der Waals surface area contributed by atoms with E-state index in [1.165, 1.54) is 0 Å². The van der Waals surface area contributed by atoms with E-state index in [0.29, 0.717) is 25.2 Å². The van der Waals surface area contributed by atoms with Gasteiger partial charge in [0.2, 0.25) is 11.8 Å². The first kappa shape index (κ1) is 14.5. The maximum Gasteiger partial charge on any atom is 0.248 e. The highest BCUT2D eigenvalue weighted by Crippen LogP contribution is 2.26. The third kappa shape index (κ3) is 2.54. The van der Waals surface area contributed by atoms with E-state index in [-0.39, 0.29) is 11.8 Å². The predicted octanol–water partition coefficient (Wildman–Crippen LogP) is 2.02. The van der Waals surface area contributed by atoms with E-state index in [2.05, 4.69) is 20.5 Å². The number of aromatic amines is 2. The highest BCUT2D eigenvalue weighted by atomic mass is 16.2. The molecule has 0 radical (unpaired) electrons. The highest BCUT2D eigenvalue weighted by molar-refractivity contribution is 5.98. The predicted molar refractivity (Wildman–Crippen MR) is 89.1 cm³/mol. The average Bonchev–Trinajstić information content (AvgIpc) is 3.30. The fourth-order valence-corrected chi connectivity index (χ4v) is 3.19. The molecule has 7 heteroatoms. The lowest BCUT2D eigenvalue weighted by Gasteiger charge is -2.23. The van der Waals surface area contributed by atoms with E-state index in [0.717, 1.165) is 16.5 Å². The number of anilines is 1. The molecule has 1 saturated heterocycles. The number of H-pyrrole nitrogens is 2. The zero-order valence-electron chi connectivity index (χ0n) is 13.0. The number of amides is 2. The van der Waals surface area contributed by atoms with Gasteiger partial charge < -0.3 is 15.2 Å². The fraction of sp³-hybridized carbons (Fsp3) is 0.235. The van der Waals surface area contributed by atoms with Crippen molar-refractivity contribution in [2.75, 3.05) is 5.32 Å². The van der Waals surface area contributed by atoms with E-state index in [9.17, 15) is 9.59 Å². The molecule has 3 heterocycles. The van der Waals surface area contributed by atoms with Crippen LogP contribution in [0.15, 0.2) is 42.7 Å². The third-order valence-electron chi connectivity index (χ3n) is 4.41. The molecule has 0 aliphatic carbocycles. The van der Waals surface area contributed by atoms with Crippen LogP contribution in [0.1, 0.15) is 18.4 Å². The van der Waals surface area contributed by atoms with Crippen LogP contribution in [-0.4, -0.2) is 37.9 Å². The van der Waals surface area contributed by atoms with Crippen molar-refractivity contribution in [3.8, 4) is 0 Å². The van der Waals surface area contributed by atoms with Crippen LogP contribution < -0.4 is 5.32 Å². The number of hydrogen-bond donors (Lipinski definition) is 3. The Labute approximate surface area is 138 Å². The normalized spacial score (nSPS) is 17.6. The summed E-state index contributed by atoms with van der Waals surface area (Å²) in [7, 11) is 0. The number of rotatable bonds is 4. The van der Waals surface area contributed by atoms with Gasteiger partial charge in [-0.25, -0.2) is 0 Å². The number of nitrogens with one attached hydrogen (secondary N) is 3. The summed E-state index contributed by atoms with van der Waals surface area (Å²) in [6.07, 6.45) is 4.39. The van der Waals surface area contributed by atoms with Gasteiger partial charge in [0.25, 0.3) is 0 Å². The van der Waals surface area contributed by atoms with Crippen LogP contribution >= 0.6 is 0 Å². The molecule has 1 aromatic carbocycles. The minimum absolute atomic E-state index is 0.00467. The van der Waals surface area contributed by atoms with E-state index in [1.807, 2.05) is 30.5 Å². The number of likely N-dealkylation sites (tertiary alicyclic amines) is 1. The molecule has 2 amide bonds. The van der Waals surface area contributed by atoms with Gasteiger partial charge in [-0.05, 0) is 18.1 Å². The van der Waals surface area contributed by atoms with Crippen molar-refractivity contribution in [3.05, 3.63) is 48.3 Å². The lowest BCUT2D eigenvalue weighted by atomic mass is 10.1. The zero-order valence-corrected chi connectivity index (χ0v) is 13.0. The Morgan fingerprint density at radius 2 is 2.21 bits per heavy atom. The first-order chi connectivity index (χ1) is 11.7. The van der Waals surface area contributed by atoms with E-state index in [4.69, 9.17) is 0 Å². The van der Waals surface area contributed by atoms with Gasteiger partial charge in [0.1, 0.15) is 11.9 Å². The molecular weight excluding hydrogens is 306 g/mol. The number of carbonyl (C=O) groups excluding carboxylic acids is 2. The summed E-state index contributed by atoms with van der Waals surface area (Å²) in [5, 5.41) is 10.3. The number of fused-ring (bicyclic) bond motifs is 1. The van der Waals surface area contributed by atoms with Gasteiger partial charge >= 0.3 is 0 Å². The number of para-hydroxylation sites is 1. The number of nitrogens with zero attached hydrogens (tertiary/aromatic N) is 2. The van der Waals surface area contributed by atoms with Gasteiger partial charge in [0, 0.05) is 36.1 Å². The standard InChI is InChI=1S/C17H17N5O2/c23-16-6-5-14(17(24)20-15-7-8-19-21-15)22(16)10-11-9-18-13-4-2-1-3-12(11)13/h1-4,7-9,14,18H,5-6,10H2,(H2,19,20,21,24). The van der Waals surface area contributed by atoms with Crippen LogP contribution in [0.2, 0.25) is 0 Å². The Morgan fingerprint density at radius 3 is 3.04 bits per heavy atom. The van der Waals surface area contributed by atoms with Crippen molar-refractivity contribution in [1.82, 2.24) is 20.1 Å². The molecule has 0 bridgehead atoms. The van der Waals surface area contributed by atoms with Crippen LogP contribution in [0.5, 0.6) is 0 Å². The maximum atomic E-state index is 12.5.